The summed E-state index contributed by atoms with van der Waals surface area (Å²) < 4.78 is 0. The minimum absolute atomic E-state index is 0.0276. The van der Waals surface area contributed by atoms with Crippen molar-refractivity contribution in [3.63, 3.8) is 0 Å². The van der Waals surface area contributed by atoms with Gasteiger partial charge in [-0.2, -0.15) is 0 Å². The van der Waals surface area contributed by atoms with Crippen molar-refractivity contribution >= 4 is 12.0 Å². The van der Waals surface area contributed by atoms with E-state index in [1.54, 1.807) is 24.5 Å². The number of hydrogen-bond donors (Lipinski definition) is 4. The number of nitrogens with zero attached hydrogens (tertiary/aromatic N) is 1. The molecule has 0 unspecified atom stereocenters. The van der Waals surface area contributed by atoms with Gasteiger partial charge in [0.1, 0.15) is 5.75 Å². The molecular weight excluding hydrogens is 412 g/mol. The Kier molecular flexibility index (Phi) is 11.6. The summed E-state index contributed by atoms with van der Waals surface area (Å²) in [4.78, 5) is 17.2. The summed E-state index contributed by atoms with van der Waals surface area (Å²) in [5.41, 5.74) is 8.23. The summed E-state index contributed by atoms with van der Waals surface area (Å²) in [6, 6.07) is 10.5. The summed E-state index contributed by atoms with van der Waals surface area (Å²) in [6.07, 6.45) is 12.2. The van der Waals surface area contributed by atoms with Gasteiger partial charge in [0, 0.05) is 31.0 Å². The smallest absolute Gasteiger partial charge is 0.237 e. The van der Waals surface area contributed by atoms with Gasteiger partial charge >= 0.3 is 0 Å². The van der Waals surface area contributed by atoms with Gasteiger partial charge in [-0.1, -0.05) is 57.9 Å². The maximum absolute atomic E-state index is 13.2. The van der Waals surface area contributed by atoms with Crippen molar-refractivity contribution in [1.29, 1.82) is 0 Å². The summed E-state index contributed by atoms with van der Waals surface area (Å²) >= 11 is 0. The van der Waals surface area contributed by atoms with Crippen molar-refractivity contribution in [2.75, 3.05) is 6.54 Å². The monoisotopic (exact) mass is 452 g/mol. The lowest BCUT2D eigenvalue weighted by molar-refractivity contribution is -0.123. The van der Waals surface area contributed by atoms with E-state index in [0.717, 1.165) is 36.8 Å². The largest absolute Gasteiger partial charge is 0.508 e. The van der Waals surface area contributed by atoms with E-state index < -0.39 is 6.04 Å². The molecule has 0 spiro atoms. The first-order valence-corrected chi connectivity index (χ1v) is 12.0. The van der Waals surface area contributed by atoms with Crippen LogP contribution < -0.4 is 16.4 Å². The highest BCUT2D eigenvalue weighted by atomic mass is 16.3. The fourth-order valence-corrected chi connectivity index (χ4v) is 3.69. The molecule has 5 N–H and O–H groups in total. The molecule has 0 radical (unpaired) electrons. The number of benzene rings is 1. The number of pyridine rings is 1. The molecule has 180 valence electrons. The van der Waals surface area contributed by atoms with Gasteiger partial charge in [0.2, 0.25) is 5.91 Å². The summed E-state index contributed by atoms with van der Waals surface area (Å²) in [6.45, 7) is 6.96. The van der Waals surface area contributed by atoms with Gasteiger partial charge in [0.15, 0.2) is 0 Å². The average Bonchev–Trinajstić information content (AvgIpc) is 2.80. The Morgan fingerprint density at radius 3 is 2.48 bits per heavy atom. The van der Waals surface area contributed by atoms with E-state index >= 15 is 0 Å². The van der Waals surface area contributed by atoms with Crippen molar-refractivity contribution in [2.24, 2.45) is 11.7 Å². The molecule has 0 saturated heterocycles. The second kappa shape index (κ2) is 14.4. The molecule has 33 heavy (non-hydrogen) atoms. The highest BCUT2D eigenvalue weighted by Crippen LogP contribution is 2.14. The molecular formula is C27H40N4O2. The summed E-state index contributed by atoms with van der Waals surface area (Å²) in [7, 11) is 0. The number of nitrogens with two attached hydrogens (primary N) is 1. The number of aromatic nitrogens is 1. The van der Waals surface area contributed by atoms with Gasteiger partial charge in [-0.05, 0) is 60.6 Å². The molecule has 0 fully saturated rings. The van der Waals surface area contributed by atoms with E-state index in [-0.39, 0.29) is 23.7 Å². The molecule has 0 aliphatic carbocycles. The highest BCUT2D eigenvalue weighted by molar-refractivity contribution is 5.82. The minimum atomic E-state index is -0.418. The van der Waals surface area contributed by atoms with E-state index in [9.17, 15) is 9.90 Å². The van der Waals surface area contributed by atoms with Crippen LogP contribution in [-0.2, 0) is 11.2 Å². The topological polar surface area (TPSA) is 100 Å². The zero-order valence-electron chi connectivity index (χ0n) is 20.2. The Labute approximate surface area is 198 Å². The summed E-state index contributed by atoms with van der Waals surface area (Å²) in [5, 5.41) is 16.2. The number of phenolic OH excluding ortho intramolecular Hbond substituents is 1. The van der Waals surface area contributed by atoms with Crippen molar-refractivity contribution < 1.29 is 9.90 Å². The standard InChI is InChI=1S/C27H40N4O2/c1-4-5-6-23(28)19-30-27(33)26(18-22-8-11-25(32)12-9-22)31-24(17-20(2)3)10-7-21-13-15-29-16-14-21/h7-16,20,23-24,26,31-32H,4-6,17-19,28H2,1-3H3,(H,30,33)/b10-7+/t23-,24+,26-/m0/s1. The molecule has 1 aromatic carbocycles. The first-order valence-electron chi connectivity index (χ1n) is 12.0. The number of hydrogen-bond acceptors (Lipinski definition) is 5. The lowest BCUT2D eigenvalue weighted by atomic mass is 9.99. The fraction of sp³-hybridized carbons (Fsp3) is 0.481. The Morgan fingerprint density at radius 2 is 1.85 bits per heavy atom. The molecule has 0 bridgehead atoms. The molecule has 1 aromatic heterocycles. The number of carbonyl (C=O) groups is 1. The molecule has 0 aliphatic rings. The van der Waals surface area contributed by atoms with Gasteiger partial charge in [0.05, 0.1) is 6.04 Å². The van der Waals surface area contributed by atoms with Crippen LogP contribution in [0.4, 0.5) is 0 Å². The highest BCUT2D eigenvalue weighted by Gasteiger charge is 2.22. The Bertz CT molecular complexity index is 837. The van der Waals surface area contributed by atoms with Crippen molar-refractivity contribution in [3.8, 4) is 5.75 Å². The number of rotatable bonds is 14. The molecule has 3 atom stereocenters. The zero-order valence-corrected chi connectivity index (χ0v) is 20.2. The molecule has 1 heterocycles. The zero-order chi connectivity index (χ0) is 24.1. The van der Waals surface area contributed by atoms with E-state index in [1.807, 2.05) is 24.3 Å². The average molecular weight is 453 g/mol. The van der Waals surface area contributed by atoms with Crippen LogP contribution in [0.1, 0.15) is 57.6 Å². The van der Waals surface area contributed by atoms with E-state index in [2.05, 4.69) is 48.5 Å². The van der Waals surface area contributed by atoms with Crippen LogP contribution in [-0.4, -0.2) is 40.7 Å². The molecule has 0 saturated carbocycles. The number of carbonyl (C=O) groups excluding carboxylic acids is 1. The molecule has 0 aliphatic heterocycles. The SMILES string of the molecule is CCCC[C@H](N)CNC(=O)[C@H](Cc1ccc(O)cc1)N[C@H](/C=C/c1ccncc1)CC(C)C. The van der Waals surface area contributed by atoms with E-state index in [4.69, 9.17) is 5.73 Å². The number of unbranched alkanes of at least 4 members (excludes halogenated alkanes) is 1. The predicted octanol–water partition coefficient (Wildman–Crippen LogP) is 4.05. The first kappa shape index (κ1) is 26.6. The Hall–Kier alpha value is -2.70. The quantitative estimate of drug-likeness (QED) is 0.346. The number of nitrogens with one attached hydrogen (secondary N) is 2. The maximum atomic E-state index is 13.2. The van der Waals surface area contributed by atoms with Gasteiger partial charge < -0.3 is 16.2 Å². The first-order chi connectivity index (χ1) is 15.9. The minimum Gasteiger partial charge on any atom is -0.508 e. The normalized spacial score (nSPS) is 14.3. The second-order valence-electron chi connectivity index (χ2n) is 9.11. The van der Waals surface area contributed by atoms with Crippen LogP contribution in [0.25, 0.3) is 6.08 Å². The molecule has 2 rings (SSSR count). The Balaban J connectivity index is 2.14. The molecule has 6 heteroatoms. The van der Waals surface area contributed by atoms with Crippen LogP contribution in [0.5, 0.6) is 5.75 Å². The molecule has 2 aromatic rings. The van der Waals surface area contributed by atoms with Crippen molar-refractivity contribution in [1.82, 2.24) is 15.6 Å². The van der Waals surface area contributed by atoms with Crippen molar-refractivity contribution in [2.45, 2.75) is 71.0 Å². The number of amides is 1. The lowest BCUT2D eigenvalue weighted by Crippen LogP contribution is -2.51. The van der Waals surface area contributed by atoms with Gasteiger partial charge in [0.25, 0.3) is 0 Å². The van der Waals surface area contributed by atoms with Crippen LogP contribution in [0.3, 0.4) is 0 Å². The second-order valence-corrected chi connectivity index (χ2v) is 9.11. The van der Waals surface area contributed by atoms with E-state index in [1.165, 1.54) is 0 Å². The van der Waals surface area contributed by atoms with Gasteiger partial charge in [-0.25, -0.2) is 0 Å². The third-order valence-corrected chi connectivity index (χ3v) is 5.53. The third kappa shape index (κ3) is 10.6. The molecule has 6 nitrogen and oxygen atoms in total. The number of phenols is 1. The van der Waals surface area contributed by atoms with Crippen LogP contribution in [0, 0.1) is 5.92 Å². The molecule has 1 amide bonds. The van der Waals surface area contributed by atoms with Gasteiger partial charge in [-0.3, -0.25) is 15.1 Å². The van der Waals surface area contributed by atoms with Crippen LogP contribution in [0.2, 0.25) is 0 Å². The van der Waals surface area contributed by atoms with E-state index in [0.29, 0.717) is 18.9 Å². The summed E-state index contributed by atoms with van der Waals surface area (Å²) in [5.74, 6) is 0.623. The van der Waals surface area contributed by atoms with Crippen LogP contribution in [0.15, 0.2) is 54.9 Å². The number of aromatic hydroxyl groups is 1. The Morgan fingerprint density at radius 1 is 1.15 bits per heavy atom. The third-order valence-electron chi connectivity index (χ3n) is 5.53. The van der Waals surface area contributed by atoms with Crippen molar-refractivity contribution in [3.05, 3.63) is 66.0 Å². The van der Waals surface area contributed by atoms with Crippen LogP contribution >= 0.6 is 0 Å². The fourth-order valence-electron chi connectivity index (χ4n) is 3.69. The lowest BCUT2D eigenvalue weighted by Gasteiger charge is -2.25. The van der Waals surface area contributed by atoms with Gasteiger partial charge in [-0.15, -0.1) is 0 Å². The maximum Gasteiger partial charge on any atom is 0.237 e. The predicted molar refractivity (Wildman–Crippen MR) is 136 cm³/mol.